The lowest BCUT2D eigenvalue weighted by atomic mass is 9.83. The Hall–Kier alpha value is -0.710. The molecule has 1 aliphatic carbocycles. The lowest BCUT2D eigenvalue weighted by Crippen LogP contribution is -2.38. The van der Waals surface area contributed by atoms with Gasteiger partial charge in [-0.1, -0.05) is 19.8 Å². The second-order valence-electron chi connectivity index (χ2n) is 4.96. The molecule has 2 N–H and O–H groups in total. The van der Waals surface area contributed by atoms with Crippen molar-refractivity contribution in [1.29, 1.82) is 0 Å². The van der Waals surface area contributed by atoms with Crippen molar-refractivity contribution in [3.8, 4) is 0 Å². The van der Waals surface area contributed by atoms with E-state index in [4.69, 9.17) is 5.11 Å². The number of carboxylic acid groups (broad SMARTS) is 1. The van der Waals surface area contributed by atoms with Gasteiger partial charge in [0.15, 0.2) is 0 Å². The second kappa shape index (κ2) is 8.40. The molecule has 18 heavy (non-hydrogen) atoms. The van der Waals surface area contributed by atoms with Crippen molar-refractivity contribution in [2.24, 2.45) is 5.92 Å². The van der Waals surface area contributed by atoms with Crippen LogP contribution in [-0.2, 0) is 9.59 Å². The Balaban J connectivity index is 2.12. The average molecular weight is 273 g/mol. The molecule has 0 heterocycles. The van der Waals surface area contributed by atoms with Gasteiger partial charge in [-0.2, -0.15) is 0 Å². The fraction of sp³-hybridized carbons (Fsp3) is 0.846. The number of hydrogen-bond donors (Lipinski definition) is 2. The summed E-state index contributed by atoms with van der Waals surface area (Å²) in [5.41, 5.74) is 0. The van der Waals surface area contributed by atoms with Crippen molar-refractivity contribution in [2.45, 2.75) is 51.5 Å². The largest absolute Gasteiger partial charge is 0.481 e. The third-order valence-corrected chi connectivity index (χ3v) is 4.28. The summed E-state index contributed by atoms with van der Waals surface area (Å²) < 4.78 is 0. The third kappa shape index (κ3) is 6.28. The zero-order valence-electron chi connectivity index (χ0n) is 11.0. The number of thioether (sulfide) groups is 1. The Kier molecular flexibility index (Phi) is 7.16. The fourth-order valence-corrected chi connectivity index (χ4v) is 3.05. The predicted molar refractivity (Wildman–Crippen MR) is 73.8 cm³/mol. The summed E-state index contributed by atoms with van der Waals surface area (Å²) in [6.45, 7) is 2.22. The van der Waals surface area contributed by atoms with E-state index in [0.29, 0.717) is 6.04 Å². The zero-order valence-corrected chi connectivity index (χ0v) is 11.8. The number of carbonyl (C=O) groups is 2. The topological polar surface area (TPSA) is 66.4 Å². The van der Waals surface area contributed by atoms with E-state index in [0.717, 1.165) is 30.5 Å². The Labute approximate surface area is 113 Å². The van der Waals surface area contributed by atoms with Crippen molar-refractivity contribution >= 4 is 23.6 Å². The van der Waals surface area contributed by atoms with Crippen LogP contribution in [0.25, 0.3) is 0 Å². The number of carboxylic acids is 1. The summed E-state index contributed by atoms with van der Waals surface area (Å²) in [5, 5.41) is 11.5. The molecule has 1 rings (SSSR count). The summed E-state index contributed by atoms with van der Waals surface area (Å²) >= 11 is 1.16. The minimum Gasteiger partial charge on any atom is -0.481 e. The maximum atomic E-state index is 11.6. The molecule has 0 spiro atoms. The van der Waals surface area contributed by atoms with Crippen molar-refractivity contribution in [1.82, 2.24) is 5.32 Å². The minimum absolute atomic E-state index is 0.00331. The molecule has 0 aliphatic heterocycles. The SMILES string of the molecule is CCCC1CCC(NC(=O)CSCC(=O)O)CC1. The van der Waals surface area contributed by atoms with Crippen LogP contribution in [0, 0.1) is 5.92 Å². The van der Waals surface area contributed by atoms with Crippen LogP contribution in [0.3, 0.4) is 0 Å². The van der Waals surface area contributed by atoms with Crippen LogP contribution >= 0.6 is 11.8 Å². The van der Waals surface area contributed by atoms with Gasteiger partial charge in [0.2, 0.25) is 5.91 Å². The molecule has 0 radical (unpaired) electrons. The lowest BCUT2D eigenvalue weighted by Gasteiger charge is -2.28. The van der Waals surface area contributed by atoms with Crippen LogP contribution in [0.1, 0.15) is 45.4 Å². The third-order valence-electron chi connectivity index (χ3n) is 3.37. The molecule has 0 bridgehead atoms. The molecule has 0 atom stereocenters. The van der Waals surface area contributed by atoms with Crippen LogP contribution in [0.5, 0.6) is 0 Å². The predicted octanol–water partition coefficient (Wildman–Crippen LogP) is 2.28. The molecule has 0 aromatic carbocycles. The molecule has 104 valence electrons. The van der Waals surface area contributed by atoms with Crippen LogP contribution in [0.4, 0.5) is 0 Å². The van der Waals surface area contributed by atoms with Gasteiger partial charge in [-0.3, -0.25) is 9.59 Å². The lowest BCUT2D eigenvalue weighted by molar-refractivity contribution is -0.133. The van der Waals surface area contributed by atoms with Gasteiger partial charge in [0.1, 0.15) is 0 Å². The number of amides is 1. The molecule has 4 nitrogen and oxygen atoms in total. The monoisotopic (exact) mass is 273 g/mol. The standard InChI is InChI=1S/C13H23NO3S/c1-2-3-10-4-6-11(7-5-10)14-12(15)8-18-9-13(16)17/h10-11H,2-9H2,1H3,(H,14,15)(H,16,17). The minimum atomic E-state index is -0.868. The summed E-state index contributed by atoms with van der Waals surface area (Å²) in [5.74, 6) is 0.190. The first-order chi connectivity index (χ1) is 8.61. The number of nitrogens with one attached hydrogen (secondary N) is 1. The maximum absolute atomic E-state index is 11.6. The maximum Gasteiger partial charge on any atom is 0.313 e. The Morgan fingerprint density at radius 3 is 2.44 bits per heavy atom. The molecule has 0 aromatic heterocycles. The van der Waals surface area contributed by atoms with E-state index in [-0.39, 0.29) is 17.4 Å². The Morgan fingerprint density at radius 1 is 1.22 bits per heavy atom. The molecule has 1 saturated carbocycles. The van der Waals surface area contributed by atoms with E-state index in [1.807, 2.05) is 0 Å². The first-order valence-corrected chi connectivity index (χ1v) is 7.86. The van der Waals surface area contributed by atoms with Gasteiger partial charge in [0.05, 0.1) is 11.5 Å². The Morgan fingerprint density at radius 2 is 1.89 bits per heavy atom. The van der Waals surface area contributed by atoms with E-state index in [1.165, 1.54) is 25.7 Å². The Bertz CT molecular complexity index is 275. The van der Waals surface area contributed by atoms with E-state index in [9.17, 15) is 9.59 Å². The first-order valence-electron chi connectivity index (χ1n) is 6.70. The van der Waals surface area contributed by atoms with Crippen LogP contribution in [0.2, 0.25) is 0 Å². The zero-order chi connectivity index (χ0) is 13.4. The smallest absolute Gasteiger partial charge is 0.313 e. The van der Waals surface area contributed by atoms with E-state index in [1.54, 1.807) is 0 Å². The summed E-state index contributed by atoms with van der Waals surface area (Å²) in [6, 6.07) is 0.302. The van der Waals surface area contributed by atoms with E-state index < -0.39 is 5.97 Å². The van der Waals surface area contributed by atoms with E-state index >= 15 is 0 Å². The highest BCUT2D eigenvalue weighted by molar-refractivity contribution is 8.00. The van der Waals surface area contributed by atoms with Crippen LogP contribution in [0.15, 0.2) is 0 Å². The number of hydrogen-bond acceptors (Lipinski definition) is 3. The second-order valence-corrected chi connectivity index (χ2v) is 5.95. The van der Waals surface area contributed by atoms with Gasteiger partial charge in [0.25, 0.3) is 0 Å². The summed E-state index contributed by atoms with van der Waals surface area (Å²) in [6.07, 6.45) is 7.10. The summed E-state index contributed by atoms with van der Waals surface area (Å²) in [7, 11) is 0. The van der Waals surface area contributed by atoms with Crippen molar-refractivity contribution in [3.05, 3.63) is 0 Å². The van der Waals surface area contributed by atoms with Gasteiger partial charge >= 0.3 is 5.97 Å². The number of carbonyl (C=O) groups excluding carboxylic acids is 1. The van der Waals surface area contributed by atoms with Crippen LogP contribution < -0.4 is 5.32 Å². The molecule has 0 saturated heterocycles. The molecule has 1 aliphatic rings. The highest BCUT2D eigenvalue weighted by atomic mass is 32.2. The van der Waals surface area contributed by atoms with E-state index in [2.05, 4.69) is 12.2 Å². The van der Waals surface area contributed by atoms with Gasteiger partial charge in [-0.25, -0.2) is 0 Å². The molecule has 0 unspecified atom stereocenters. The normalized spacial score (nSPS) is 23.6. The van der Waals surface area contributed by atoms with Gasteiger partial charge in [-0.15, -0.1) is 11.8 Å². The van der Waals surface area contributed by atoms with Gasteiger partial charge in [-0.05, 0) is 31.6 Å². The molecular formula is C13H23NO3S. The van der Waals surface area contributed by atoms with Gasteiger partial charge < -0.3 is 10.4 Å². The fourth-order valence-electron chi connectivity index (χ4n) is 2.50. The molecule has 1 amide bonds. The first kappa shape index (κ1) is 15.3. The average Bonchev–Trinajstić information content (AvgIpc) is 2.31. The van der Waals surface area contributed by atoms with Crippen molar-refractivity contribution in [2.75, 3.05) is 11.5 Å². The number of aliphatic carboxylic acids is 1. The highest BCUT2D eigenvalue weighted by Gasteiger charge is 2.21. The van der Waals surface area contributed by atoms with Crippen molar-refractivity contribution < 1.29 is 14.7 Å². The van der Waals surface area contributed by atoms with Gasteiger partial charge in [0, 0.05) is 6.04 Å². The molecule has 1 fully saturated rings. The molecule has 0 aromatic rings. The summed E-state index contributed by atoms with van der Waals surface area (Å²) in [4.78, 5) is 21.9. The molecule has 5 heteroatoms. The molecular weight excluding hydrogens is 250 g/mol. The van der Waals surface area contributed by atoms with Crippen LogP contribution in [-0.4, -0.2) is 34.5 Å². The quantitative estimate of drug-likeness (QED) is 0.747. The number of rotatable bonds is 7. The van der Waals surface area contributed by atoms with Crippen molar-refractivity contribution in [3.63, 3.8) is 0 Å². The highest BCUT2D eigenvalue weighted by Crippen LogP contribution is 2.27.